The molecule has 0 aliphatic carbocycles. The molecule has 1 aliphatic heterocycles. The molecule has 0 saturated carbocycles. The lowest BCUT2D eigenvalue weighted by Gasteiger charge is -2.20. The van der Waals surface area contributed by atoms with Crippen LogP contribution in [0.2, 0.25) is 0 Å². The van der Waals surface area contributed by atoms with Gasteiger partial charge in [0.2, 0.25) is 0 Å². The molecule has 0 spiro atoms. The molecule has 0 radical (unpaired) electrons. The molecule has 0 aromatic carbocycles. The van der Waals surface area contributed by atoms with E-state index in [4.69, 9.17) is 5.11 Å². The minimum Gasteiger partial charge on any atom is -0.389 e. The summed E-state index contributed by atoms with van der Waals surface area (Å²) in [6.07, 6.45) is 1.30. The first-order chi connectivity index (χ1) is 5.13. The first-order valence-electron chi connectivity index (χ1n) is 3.27. The summed E-state index contributed by atoms with van der Waals surface area (Å²) in [5.41, 5.74) is 0.410. The third-order valence-corrected chi connectivity index (χ3v) is 2.45. The second kappa shape index (κ2) is 3.53. The zero-order valence-electron chi connectivity index (χ0n) is 6.01. The van der Waals surface area contributed by atoms with E-state index < -0.39 is 12.4 Å². The molecule has 11 heavy (non-hydrogen) atoms. The molecule has 2 atom stereocenters. The van der Waals surface area contributed by atoms with Gasteiger partial charge < -0.3 is 10.4 Å². The number of aliphatic hydroxyl groups excluding tert-OH is 1. The van der Waals surface area contributed by atoms with Crippen LogP contribution in [0.25, 0.3) is 0 Å². The SMILES string of the molecule is CC(O)C1=C(I)C=CNC1F. The van der Waals surface area contributed by atoms with Gasteiger partial charge in [0.05, 0.1) is 6.10 Å². The molecule has 4 heteroatoms. The van der Waals surface area contributed by atoms with E-state index in [0.717, 1.165) is 3.58 Å². The number of aliphatic hydroxyl groups is 1. The lowest BCUT2D eigenvalue weighted by Crippen LogP contribution is -2.29. The van der Waals surface area contributed by atoms with Crippen molar-refractivity contribution in [3.05, 3.63) is 21.4 Å². The van der Waals surface area contributed by atoms with Crippen molar-refractivity contribution in [2.75, 3.05) is 0 Å². The first kappa shape index (κ1) is 8.99. The number of dihydropyridines is 1. The Morgan fingerprint density at radius 2 is 2.45 bits per heavy atom. The second-order valence-corrected chi connectivity index (χ2v) is 3.50. The fourth-order valence-electron chi connectivity index (χ4n) is 0.924. The first-order valence-corrected chi connectivity index (χ1v) is 4.35. The normalized spacial score (nSPS) is 26.7. The zero-order valence-corrected chi connectivity index (χ0v) is 8.17. The summed E-state index contributed by atoms with van der Waals surface area (Å²) in [7, 11) is 0. The summed E-state index contributed by atoms with van der Waals surface area (Å²) in [5, 5.41) is 11.6. The van der Waals surface area contributed by atoms with Crippen molar-refractivity contribution < 1.29 is 9.50 Å². The number of hydrogen-bond donors (Lipinski definition) is 2. The average molecular weight is 269 g/mol. The van der Waals surface area contributed by atoms with Crippen LogP contribution in [0.1, 0.15) is 6.92 Å². The molecule has 0 amide bonds. The molecule has 0 saturated heterocycles. The molecule has 0 bridgehead atoms. The topological polar surface area (TPSA) is 32.3 Å². The Hall–Kier alpha value is -0.100. The van der Waals surface area contributed by atoms with E-state index in [1.165, 1.54) is 0 Å². The van der Waals surface area contributed by atoms with Crippen LogP contribution in [0.5, 0.6) is 0 Å². The third kappa shape index (κ3) is 1.93. The van der Waals surface area contributed by atoms with Crippen molar-refractivity contribution in [2.24, 2.45) is 0 Å². The van der Waals surface area contributed by atoms with Crippen LogP contribution in [-0.2, 0) is 0 Å². The van der Waals surface area contributed by atoms with Gasteiger partial charge in [0.15, 0.2) is 6.30 Å². The van der Waals surface area contributed by atoms with E-state index in [2.05, 4.69) is 5.32 Å². The van der Waals surface area contributed by atoms with E-state index in [9.17, 15) is 4.39 Å². The standard InChI is InChI=1S/C7H9FINO/c1-4(11)6-5(9)2-3-10-7(6)8/h2-4,7,10-11H,1H3. The molecule has 2 nitrogen and oxygen atoms in total. The van der Waals surface area contributed by atoms with Crippen molar-refractivity contribution in [2.45, 2.75) is 19.3 Å². The smallest absolute Gasteiger partial charge is 0.195 e. The molecule has 1 aliphatic rings. The Morgan fingerprint density at radius 3 is 2.82 bits per heavy atom. The van der Waals surface area contributed by atoms with Gasteiger partial charge in [-0.15, -0.1) is 0 Å². The summed E-state index contributed by atoms with van der Waals surface area (Å²) >= 11 is 2.00. The fraction of sp³-hybridized carbons (Fsp3) is 0.429. The Bertz CT molecular complexity index is 212. The van der Waals surface area contributed by atoms with Gasteiger partial charge in [-0.2, -0.15) is 0 Å². The lowest BCUT2D eigenvalue weighted by molar-refractivity contribution is 0.195. The van der Waals surface area contributed by atoms with Crippen molar-refractivity contribution >= 4 is 22.6 Å². The Kier molecular flexibility index (Phi) is 2.89. The van der Waals surface area contributed by atoms with Crippen LogP contribution < -0.4 is 5.32 Å². The van der Waals surface area contributed by atoms with Crippen molar-refractivity contribution in [1.29, 1.82) is 0 Å². The molecule has 62 valence electrons. The number of nitrogens with one attached hydrogen (secondary N) is 1. The number of alkyl halides is 1. The number of allylic oxidation sites excluding steroid dienone is 2. The van der Waals surface area contributed by atoms with Gasteiger partial charge in [0.25, 0.3) is 0 Å². The summed E-state index contributed by atoms with van der Waals surface area (Å²) in [6, 6.07) is 0. The predicted molar refractivity (Wildman–Crippen MR) is 49.9 cm³/mol. The molecular weight excluding hydrogens is 260 g/mol. The quantitative estimate of drug-likeness (QED) is 0.558. The van der Waals surface area contributed by atoms with Crippen molar-refractivity contribution in [1.82, 2.24) is 5.32 Å². The van der Waals surface area contributed by atoms with E-state index in [0.29, 0.717) is 5.57 Å². The van der Waals surface area contributed by atoms with Crippen LogP contribution in [0.15, 0.2) is 21.4 Å². The van der Waals surface area contributed by atoms with E-state index in [-0.39, 0.29) is 0 Å². The van der Waals surface area contributed by atoms with Crippen LogP contribution in [0.4, 0.5) is 4.39 Å². The highest BCUT2D eigenvalue weighted by atomic mass is 127. The van der Waals surface area contributed by atoms with Gasteiger partial charge in [-0.25, -0.2) is 4.39 Å². The molecule has 0 fully saturated rings. The van der Waals surface area contributed by atoms with Gasteiger partial charge in [-0.1, -0.05) is 0 Å². The minimum absolute atomic E-state index is 0.410. The Balaban J connectivity index is 2.91. The summed E-state index contributed by atoms with van der Waals surface area (Å²) in [5.74, 6) is 0. The molecule has 0 aromatic heterocycles. The minimum atomic E-state index is -1.24. The zero-order chi connectivity index (χ0) is 8.43. The van der Waals surface area contributed by atoms with E-state index >= 15 is 0 Å². The highest BCUT2D eigenvalue weighted by Gasteiger charge is 2.21. The largest absolute Gasteiger partial charge is 0.389 e. The van der Waals surface area contributed by atoms with Gasteiger partial charge in [-0.3, -0.25) is 0 Å². The van der Waals surface area contributed by atoms with Crippen molar-refractivity contribution in [3.8, 4) is 0 Å². The van der Waals surface area contributed by atoms with E-state index in [1.54, 1.807) is 19.2 Å². The number of halogens is 2. The summed E-state index contributed by atoms with van der Waals surface area (Å²) in [4.78, 5) is 0. The molecular formula is C7H9FINO. The van der Waals surface area contributed by atoms with Gasteiger partial charge in [-0.05, 0) is 35.6 Å². The Morgan fingerprint density at radius 1 is 1.82 bits per heavy atom. The average Bonchev–Trinajstić information content (AvgIpc) is 1.85. The number of hydrogen-bond acceptors (Lipinski definition) is 2. The van der Waals surface area contributed by atoms with Gasteiger partial charge in [0.1, 0.15) is 0 Å². The van der Waals surface area contributed by atoms with Crippen LogP contribution in [0.3, 0.4) is 0 Å². The summed E-state index contributed by atoms with van der Waals surface area (Å²) < 4.78 is 13.7. The lowest BCUT2D eigenvalue weighted by atomic mass is 10.1. The van der Waals surface area contributed by atoms with E-state index in [1.807, 2.05) is 22.6 Å². The van der Waals surface area contributed by atoms with Crippen molar-refractivity contribution in [3.63, 3.8) is 0 Å². The summed E-state index contributed by atoms with van der Waals surface area (Å²) in [6.45, 7) is 1.56. The molecule has 1 heterocycles. The maximum atomic E-state index is 13.0. The van der Waals surface area contributed by atoms with Gasteiger partial charge in [0, 0.05) is 15.4 Å². The Labute approximate surface area is 78.3 Å². The molecule has 2 N–H and O–H groups in total. The monoisotopic (exact) mass is 269 g/mol. The second-order valence-electron chi connectivity index (χ2n) is 2.34. The van der Waals surface area contributed by atoms with Crippen LogP contribution in [0, 0.1) is 0 Å². The fourth-order valence-corrected chi connectivity index (χ4v) is 1.83. The third-order valence-electron chi connectivity index (χ3n) is 1.47. The predicted octanol–water partition coefficient (Wildman–Crippen LogP) is 1.47. The maximum absolute atomic E-state index is 13.0. The number of rotatable bonds is 1. The maximum Gasteiger partial charge on any atom is 0.195 e. The molecule has 2 unspecified atom stereocenters. The molecule has 0 aromatic rings. The highest BCUT2D eigenvalue weighted by molar-refractivity contribution is 14.1. The highest BCUT2D eigenvalue weighted by Crippen LogP contribution is 2.24. The van der Waals surface area contributed by atoms with Crippen LogP contribution >= 0.6 is 22.6 Å². The van der Waals surface area contributed by atoms with Crippen LogP contribution in [-0.4, -0.2) is 17.5 Å². The molecule has 1 rings (SSSR count). The van der Waals surface area contributed by atoms with Gasteiger partial charge >= 0.3 is 0 Å².